The molecule has 16 heteroatoms. The molecule has 0 bridgehead atoms. The summed E-state index contributed by atoms with van der Waals surface area (Å²) in [5.41, 5.74) is 8.27. The van der Waals surface area contributed by atoms with Crippen LogP contribution < -0.4 is 11.1 Å². The van der Waals surface area contributed by atoms with Crippen molar-refractivity contribution in [2.45, 2.75) is 65.0 Å². The van der Waals surface area contributed by atoms with Gasteiger partial charge in [-0.25, -0.2) is 19.3 Å². The number of ether oxygens (including phenoxy) is 2. The normalized spacial score (nSPS) is 21.7. The number of aryl methyl sites for hydroxylation is 2. The van der Waals surface area contributed by atoms with E-state index < -0.39 is 23.7 Å². The van der Waals surface area contributed by atoms with Crippen molar-refractivity contribution in [1.29, 1.82) is 0 Å². The monoisotopic (exact) mass is 721 g/mol. The van der Waals surface area contributed by atoms with Gasteiger partial charge in [0, 0.05) is 36.5 Å². The average molecular weight is 723 g/mol. The quantitative estimate of drug-likeness (QED) is 0.243. The minimum atomic E-state index is -0.760. The van der Waals surface area contributed by atoms with E-state index in [-0.39, 0.29) is 53.3 Å². The lowest BCUT2D eigenvalue weighted by molar-refractivity contribution is -0.170. The van der Waals surface area contributed by atoms with Gasteiger partial charge >= 0.3 is 0 Å². The van der Waals surface area contributed by atoms with Crippen LogP contribution in [0.4, 0.5) is 10.2 Å². The molecule has 250 valence electrons. The first kappa shape index (κ1) is 32.2. The standard InChI is InChI=1S/C32H33BrFN9O5/c1-15-7-21(34)29(33)39-31(15)40-32(46)28-19-8-17(19)12-42(28)24(44)13-43-27-16(2)38-22(9-20(27)26(41-43)30(35)45)18-10-36-23(37-11-18)14-48-25-5-3-4-6-47-25/h7,9-11,17,19,25,28H,3-6,8,12-14H2,1-2H3,(H2,35,45)(H,39,40,46)/t17-,19-,25?,28+/m1/s1. The van der Waals surface area contributed by atoms with Crippen molar-refractivity contribution in [2.24, 2.45) is 17.6 Å². The molecule has 0 spiro atoms. The first-order valence-electron chi connectivity index (χ1n) is 15.7. The summed E-state index contributed by atoms with van der Waals surface area (Å²) >= 11 is 3.06. The Kier molecular flexibility index (Phi) is 8.64. The summed E-state index contributed by atoms with van der Waals surface area (Å²) in [4.78, 5) is 58.9. The summed E-state index contributed by atoms with van der Waals surface area (Å²) in [7, 11) is 0. The Hall–Kier alpha value is -4.41. The van der Waals surface area contributed by atoms with Crippen LogP contribution in [0.1, 0.15) is 53.3 Å². The minimum absolute atomic E-state index is 0.00929. The fourth-order valence-electron chi connectivity index (χ4n) is 6.56. The van der Waals surface area contributed by atoms with E-state index in [1.54, 1.807) is 37.2 Å². The molecule has 0 radical (unpaired) electrons. The van der Waals surface area contributed by atoms with Crippen molar-refractivity contribution in [3.05, 3.63) is 57.7 Å². The Morgan fingerprint density at radius 1 is 1.17 bits per heavy atom. The number of anilines is 1. The number of carbonyl (C=O) groups is 3. The number of nitrogens with zero attached hydrogens (tertiary/aromatic N) is 7. The highest BCUT2D eigenvalue weighted by Crippen LogP contribution is 2.50. The van der Waals surface area contributed by atoms with E-state index in [2.05, 4.69) is 41.3 Å². The van der Waals surface area contributed by atoms with E-state index in [4.69, 9.17) is 20.2 Å². The van der Waals surface area contributed by atoms with Crippen LogP contribution in [-0.4, -0.2) is 77.8 Å². The Bertz CT molecular complexity index is 1930. The van der Waals surface area contributed by atoms with Crippen molar-refractivity contribution in [3.8, 4) is 11.3 Å². The van der Waals surface area contributed by atoms with Crippen LogP contribution in [-0.2, 0) is 32.2 Å². The number of nitrogens with two attached hydrogens (primary N) is 1. The molecule has 3 aliphatic rings. The second kappa shape index (κ2) is 12.9. The third-order valence-electron chi connectivity index (χ3n) is 9.06. The first-order valence-corrected chi connectivity index (χ1v) is 16.5. The largest absolute Gasteiger partial charge is 0.364 e. The smallest absolute Gasteiger partial charge is 0.269 e. The van der Waals surface area contributed by atoms with Gasteiger partial charge in [0.1, 0.15) is 29.6 Å². The predicted molar refractivity (Wildman–Crippen MR) is 173 cm³/mol. The number of pyridine rings is 2. The summed E-state index contributed by atoms with van der Waals surface area (Å²) in [6, 6.07) is 2.23. The van der Waals surface area contributed by atoms with Gasteiger partial charge in [0.2, 0.25) is 11.8 Å². The molecule has 14 nitrogen and oxygen atoms in total. The van der Waals surface area contributed by atoms with Crippen molar-refractivity contribution in [1.82, 2.24) is 34.6 Å². The number of amides is 3. The fraction of sp³-hybridized carbons (Fsp3) is 0.438. The number of primary amides is 1. The van der Waals surface area contributed by atoms with Gasteiger partial charge in [-0.2, -0.15) is 5.10 Å². The molecule has 48 heavy (non-hydrogen) atoms. The number of fused-ring (bicyclic) bond motifs is 2. The molecular weight excluding hydrogens is 689 g/mol. The van der Waals surface area contributed by atoms with Gasteiger partial charge in [0.05, 0.1) is 16.9 Å². The van der Waals surface area contributed by atoms with Crippen LogP contribution in [0.25, 0.3) is 22.2 Å². The molecule has 2 saturated heterocycles. The zero-order valence-corrected chi connectivity index (χ0v) is 27.9. The lowest BCUT2D eigenvalue weighted by atomic mass is 10.1. The SMILES string of the molecule is Cc1cc(F)c(Br)nc1NC(=O)[C@@H]1[C@@H]2C[C@@H]2CN1C(=O)Cn1nc(C(N)=O)c2cc(-c3cnc(COC4CCCCO4)nc3)nc(C)c21. The topological polar surface area (TPSA) is 180 Å². The van der Waals surface area contributed by atoms with Crippen LogP contribution >= 0.6 is 15.9 Å². The zero-order chi connectivity index (χ0) is 33.7. The van der Waals surface area contributed by atoms with Gasteiger partial charge in [0.25, 0.3) is 5.91 Å². The minimum Gasteiger partial charge on any atom is -0.364 e. The zero-order valence-electron chi connectivity index (χ0n) is 26.3. The lowest BCUT2D eigenvalue weighted by Gasteiger charge is -2.27. The molecule has 6 heterocycles. The molecule has 0 aromatic carbocycles. The summed E-state index contributed by atoms with van der Waals surface area (Å²) < 4.78 is 26.7. The number of hydrogen-bond acceptors (Lipinski definition) is 10. The molecule has 3 amide bonds. The van der Waals surface area contributed by atoms with Crippen LogP contribution in [0, 0.1) is 31.5 Å². The Morgan fingerprint density at radius 3 is 2.69 bits per heavy atom. The second-order valence-corrected chi connectivity index (χ2v) is 13.2. The van der Waals surface area contributed by atoms with E-state index in [0.29, 0.717) is 52.4 Å². The molecule has 3 fully saturated rings. The van der Waals surface area contributed by atoms with Crippen LogP contribution in [0.3, 0.4) is 0 Å². The number of likely N-dealkylation sites (tertiary alicyclic amines) is 1. The average Bonchev–Trinajstić information content (AvgIpc) is 3.56. The predicted octanol–water partition coefficient (Wildman–Crippen LogP) is 3.43. The van der Waals surface area contributed by atoms with Crippen LogP contribution in [0.15, 0.2) is 29.1 Å². The summed E-state index contributed by atoms with van der Waals surface area (Å²) in [6.07, 6.45) is 6.76. The Morgan fingerprint density at radius 2 is 1.96 bits per heavy atom. The van der Waals surface area contributed by atoms with E-state index in [1.807, 2.05) is 0 Å². The summed E-state index contributed by atoms with van der Waals surface area (Å²) in [6.45, 7) is 4.47. The maximum absolute atomic E-state index is 13.9. The number of nitrogens with one attached hydrogen (secondary N) is 1. The second-order valence-electron chi connectivity index (χ2n) is 12.4. The highest BCUT2D eigenvalue weighted by Gasteiger charge is 2.57. The summed E-state index contributed by atoms with van der Waals surface area (Å²) in [5.74, 6) is -1.10. The summed E-state index contributed by atoms with van der Waals surface area (Å²) in [5, 5.41) is 7.63. The molecule has 7 rings (SSSR count). The Balaban J connectivity index is 1.10. The van der Waals surface area contributed by atoms with E-state index in [1.165, 1.54) is 10.7 Å². The lowest BCUT2D eigenvalue weighted by Crippen LogP contribution is -2.47. The van der Waals surface area contributed by atoms with E-state index >= 15 is 0 Å². The molecule has 1 saturated carbocycles. The highest BCUT2D eigenvalue weighted by atomic mass is 79.9. The van der Waals surface area contributed by atoms with Gasteiger partial charge in [-0.15, -0.1) is 0 Å². The molecule has 4 aromatic heterocycles. The number of piperidine rings is 1. The number of hydrogen-bond donors (Lipinski definition) is 2. The molecule has 1 unspecified atom stereocenters. The number of halogens is 2. The van der Waals surface area contributed by atoms with Gasteiger partial charge in [0.15, 0.2) is 23.6 Å². The van der Waals surface area contributed by atoms with Gasteiger partial charge in [-0.3, -0.25) is 24.0 Å². The fourth-order valence-corrected chi connectivity index (χ4v) is 6.86. The molecule has 3 N–H and O–H groups in total. The van der Waals surface area contributed by atoms with Gasteiger partial charge < -0.3 is 25.4 Å². The maximum Gasteiger partial charge on any atom is 0.269 e. The third kappa shape index (κ3) is 6.26. The van der Waals surface area contributed by atoms with E-state index in [0.717, 1.165) is 25.7 Å². The number of aromatic nitrogens is 6. The van der Waals surface area contributed by atoms with Crippen LogP contribution in [0.2, 0.25) is 0 Å². The van der Waals surface area contributed by atoms with Crippen LogP contribution in [0.5, 0.6) is 0 Å². The number of rotatable bonds is 9. The van der Waals surface area contributed by atoms with Crippen molar-refractivity contribution < 1.29 is 28.2 Å². The Labute approximate surface area is 282 Å². The maximum atomic E-state index is 13.9. The van der Waals surface area contributed by atoms with Crippen molar-refractivity contribution >= 4 is 50.4 Å². The molecule has 4 aromatic rings. The number of carbonyl (C=O) groups excluding carboxylic acids is 3. The molecule has 1 aliphatic carbocycles. The molecule has 2 aliphatic heterocycles. The third-order valence-corrected chi connectivity index (χ3v) is 9.62. The van der Waals surface area contributed by atoms with Crippen molar-refractivity contribution in [2.75, 3.05) is 18.5 Å². The van der Waals surface area contributed by atoms with E-state index in [9.17, 15) is 18.8 Å². The molecular formula is C32H33BrFN9O5. The van der Waals surface area contributed by atoms with Gasteiger partial charge in [-0.1, -0.05) is 0 Å². The molecule has 4 atom stereocenters. The van der Waals surface area contributed by atoms with Gasteiger partial charge in [-0.05, 0) is 85.0 Å². The van der Waals surface area contributed by atoms with Crippen molar-refractivity contribution in [3.63, 3.8) is 0 Å². The first-order chi connectivity index (χ1) is 23.1. The highest BCUT2D eigenvalue weighted by molar-refractivity contribution is 9.10.